The first-order valence-electron chi connectivity index (χ1n) is 10.4. The monoisotopic (exact) mass is 499 g/mol. The molecule has 0 radical (unpaired) electrons. The van der Waals surface area contributed by atoms with E-state index in [0.29, 0.717) is 11.1 Å². The molecule has 35 heavy (non-hydrogen) atoms. The van der Waals surface area contributed by atoms with Crippen molar-refractivity contribution in [2.45, 2.75) is 19.5 Å². The van der Waals surface area contributed by atoms with Gasteiger partial charge in [0.15, 0.2) is 5.76 Å². The number of carbonyl (C=O) groups is 4. The molecule has 5 N–H and O–H groups in total. The molecule has 1 aromatic heterocycles. The fraction of sp³-hybridized carbons (Fsp3) is 0.167. The number of benzene rings is 2. The number of aryl methyl sites for hydroxylation is 1. The highest BCUT2D eigenvalue weighted by atomic mass is 35.5. The average Bonchev–Trinajstić information content (AvgIpc) is 3.25. The van der Waals surface area contributed by atoms with Gasteiger partial charge in [-0.15, -0.1) is 0 Å². The van der Waals surface area contributed by atoms with Crippen LogP contribution in [0.15, 0.2) is 59.2 Å². The summed E-state index contributed by atoms with van der Waals surface area (Å²) in [4.78, 5) is 48.8. The molecule has 0 unspecified atom stereocenters. The Morgan fingerprint density at radius 3 is 2.40 bits per heavy atom. The third kappa shape index (κ3) is 6.61. The Balaban J connectivity index is 1.61. The van der Waals surface area contributed by atoms with Crippen LogP contribution in [0.25, 0.3) is 0 Å². The lowest BCUT2D eigenvalue weighted by Gasteiger charge is -2.16. The van der Waals surface area contributed by atoms with Crippen LogP contribution in [-0.4, -0.2) is 46.5 Å². The van der Waals surface area contributed by atoms with Crippen molar-refractivity contribution in [2.24, 2.45) is 0 Å². The van der Waals surface area contributed by atoms with Crippen molar-refractivity contribution in [2.75, 3.05) is 6.54 Å². The van der Waals surface area contributed by atoms with Gasteiger partial charge >= 0.3 is 5.97 Å². The van der Waals surface area contributed by atoms with Crippen molar-refractivity contribution < 1.29 is 33.8 Å². The van der Waals surface area contributed by atoms with Gasteiger partial charge in [0.25, 0.3) is 17.7 Å². The van der Waals surface area contributed by atoms with Crippen LogP contribution >= 0.6 is 11.6 Å². The molecule has 11 heteroatoms. The standard InChI is InChI=1S/C24H22ClN3O7/c1-13-7-8-35-20(13)23(32)27-12-19(24(33)34)28-22(31)17-6-5-15(10-18(17)25)21(30)26-11-14-3-2-4-16(29)9-14/h2-10,19,29H,11-12H2,1H3,(H,26,30)(H,27,32)(H,28,31)(H,33,34)/t19-/m0/s1. The lowest BCUT2D eigenvalue weighted by Crippen LogP contribution is -2.48. The van der Waals surface area contributed by atoms with E-state index in [-0.39, 0.29) is 34.2 Å². The van der Waals surface area contributed by atoms with E-state index in [9.17, 15) is 29.4 Å². The van der Waals surface area contributed by atoms with E-state index in [1.54, 1.807) is 25.1 Å². The minimum Gasteiger partial charge on any atom is -0.508 e. The summed E-state index contributed by atoms with van der Waals surface area (Å²) in [6, 6.07) is 10.5. The molecule has 0 aliphatic heterocycles. The van der Waals surface area contributed by atoms with Gasteiger partial charge in [-0.1, -0.05) is 23.7 Å². The number of aromatic hydroxyl groups is 1. The minimum atomic E-state index is -1.44. The van der Waals surface area contributed by atoms with E-state index in [0.717, 1.165) is 0 Å². The molecule has 0 aliphatic carbocycles. The summed E-state index contributed by atoms with van der Waals surface area (Å²) in [5, 5.41) is 26.2. The zero-order valence-corrected chi connectivity index (χ0v) is 19.3. The van der Waals surface area contributed by atoms with Crippen LogP contribution in [0.5, 0.6) is 5.75 Å². The molecule has 182 valence electrons. The predicted octanol–water partition coefficient (Wildman–Crippen LogP) is 2.49. The van der Waals surface area contributed by atoms with Gasteiger partial charge in [0.2, 0.25) is 0 Å². The molecule has 10 nitrogen and oxygen atoms in total. The maximum absolute atomic E-state index is 12.6. The van der Waals surface area contributed by atoms with Gasteiger partial charge in [-0.25, -0.2) is 4.79 Å². The minimum absolute atomic E-state index is 0.0430. The largest absolute Gasteiger partial charge is 0.508 e. The molecule has 3 rings (SSSR count). The molecule has 3 amide bonds. The second-order valence-corrected chi connectivity index (χ2v) is 7.96. The molecule has 0 saturated carbocycles. The number of rotatable bonds is 9. The summed E-state index contributed by atoms with van der Waals surface area (Å²) in [5.74, 6) is -3.12. The average molecular weight is 500 g/mol. The molecule has 3 aromatic rings. The lowest BCUT2D eigenvalue weighted by atomic mass is 10.1. The molecular formula is C24H22ClN3O7. The van der Waals surface area contributed by atoms with Crippen LogP contribution in [0.1, 0.15) is 42.4 Å². The van der Waals surface area contributed by atoms with Crippen molar-refractivity contribution in [3.05, 3.63) is 87.8 Å². The zero-order valence-electron chi connectivity index (χ0n) is 18.5. The first-order valence-corrected chi connectivity index (χ1v) is 10.7. The number of carboxylic acids is 1. The highest BCUT2D eigenvalue weighted by Crippen LogP contribution is 2.19. The highest BCUT2D eigenvalue weighted by molar-refractivity contribution is 6.34. The van der Waals surface area contributed by atoms with Gasteiger partial charge < -0.3 is 30.6 Å². The van der Waals surface area contributed by atoms with Crippen LogP contribution in [0.3, 0.4) is 0 Å². The molecule has 0 spiro atoms. The fourth-order valence-corrected chi connectivity index (χ4v) is 3.37. The van der Waals surface area contributed by atoms with Crippen molar-refractivity contribution in [3.8, 4) is 5.75 Å². The van der Waals surface area contributed by atoms with Crippen LogP contribution < -0.4 is 16.0 Å². The second kappa shape index (κ2) is 11.2. The molecular weight excluding hydrogens is 478 g/mol. The summed E-state index contributed by atoms with van der Waals surface area (Å²) in [5.41, 5.74) is 1.41. The Morgan fingerprint density at radius 1 is 1.00 bits per heavy atom. The van der Waals surface area contributed by atoms with Crippen LogP contribution in [0.4, 0.5) is 0 Å². The van der Waals surface area contributed by atoms with Crippen LogP contribution in [0.2, 0.25) is 5.02 Å². The quantitative estimate of drug-likeness (QED) is 0.302. The van der Waals surface area contributed by atoms with Crippen molar-refractivity contribution >= 4 is 35.3 Å². The Morgan fingerprint density at radius 2 is 1.77 bits per heavy atom. The summed E-state index contributed by atoms with van der Waals surface area (Å²) >= 11 is 6.18. The van der Waals surface area contributed by atoms with E-state index >= 15 is 0 Å². The maximum atomic E-state index is 12.6. The number of hydrogen-bond acceptors (Lipinski definition) is 6. The van der Waals surface area contributed by atoms with E-state index < -0.39 is 36.3 Å². The predicted molar refractivity (Wildman–Crippen MR) is 125 cm³/mol. The van der Waals surface area contributed by atoms with Crippen molar-refractivity contribution in [1.82, 2.24) is 16.0 Å². The molecule has 2 aromatic carbocycles. The summed E-state index contributed by atoms with van der Waals surface area (Å²) in [6.45, 7) is 1.43. The molecule has 1 heterocycles. The smallest absolute Gasteiger partial charge is 0.328 e. The molecule has 0 aliphatic rings. The van der Waals surface area contributed by atoms with E-state index in [1.165, 1.54) is 36.6 Å². The highest BCUT2D eigenvalue weighted by Gasteiger charge is 2.24. The Hall–Kier alpha value is -4.31. The van der Waals surface area contributed by atoms with Crippen LogP contribution in [-0.2, 0) is 11.3 Å². The van der Waals surface area contributed by atoms with Crippen LogP contribution in [0, 0.1) is 6.92 Å². The SMILES string of the molecule is Cc1ccoc1C(=O)NC[C@H](NC(=O)c1ccc(C(=O)NCc2cccc(O)c2)cc1Cl)C(=O)O. The third-order valence-electron chi connectivity index (χ3n) is 4.98. The lowest BCUT2D eigenvalue weighted by molar-refractivity contribution is -0.139. The number of phenolic OH excluding ortho intramolecular Hbond substituents is 1. The normalized spacial score (nSPS) is 11.4. The number of nitrogens with one attached hydrogen (secondary N) is 3. The Bertz CT molecular complexity index is 1270. The molecule has 0 bridgehead atoms. The maximum Gasteiger partial charge on any atom is 0.328 e. The van der Waals surface area contributed by atoms with E-state index in [4.69, 9.17) is 16.0 Å². The zero-order chi connectivity index (χ0) is 25.5. The van der Waals surface area contributed by atoms with Gasteiger partial charge in [-0.2, -0.15) is 0 Å². The first kappa shape index (κ1) is 25.3. The van der Waals surface area contributed by atoms with Gasteiger partial charge in [0.1, 0.15) is 11.8 Å². The summed E-state index contributed by atoms with van der Waals surface area (Å²) in [7, 11) is 0. The summed E-state index contributed by atoms with van der Waals surface area (Å²) < 4.78 is 5.06. The summed E-state index contributed by atoms with van der Waals surface area (Å²) in [6.07, 6.45) is 1.33. The fourth-order valence-electron chi connectivity index (χ4n) is 3.11. The molecule has 0 fully saturated rings. The number of halogens is 1. The Labute approximate surface area is 204 Å². The number of aliphatic carboxylic acids is 1. The number of furan rings is 1. The number of phenols is 1. The van der Waals surface area contributed by atoms with E-state index in [1.807, 2.05) is 0 Å². The number of carboxylic acid groups (broad SMARTS) is 1. The second-order valence-electron chi connectivity index (χ2n) is 7.55. The Kier molecular flexibility index (Phi) is 8.11. The van der Waals surface area contributed by atoms with Gasteiger partial charge in [-0.05, 0) is 48.9 Å². The number of amides is 3. The third-order valence-corrected chi connectivity index (χ3v) is 5.29. The number of hydrogen-bond donors (Lipinski definition) is 5. The van der Waals surface area contributed by atoms with Gasteiger partial charge in [-0.3, -0.25) is 14.4 Å². The van der Waals surface area contributed by atoms with E-state index in [2.05, 4.69) is 16.0 Å². The van der Waals surface area contributed by atoms with Crippen molar-refractivity contribution in [3.63, 3.8) is 0 Å². The van der Waals surface area contributed by atoms with Crippen molar-refractivity contribution in [1.29, 1.82) is 0 Å². The first-order chi connectivity index (χ1) is 16.7. The molecule has 0 saturated heterocycles. The molecule has 1 atom stereocenters. The topological polar surface area (TPSA) is 158 Å². The number of carbonyl (C=O) groups excluding carboxylic acids is 3. The van der Waals surface area contributed by atoms with Gasteiger partial charge in [0.05, 0.1) is 16.8 Å². The van der Waals surface area contributed by atoms with Gasteiger partial charge in [0, 0.05) is 24.2 Å².